The van der Waals surface area contributed by atoms with Crippen molar-refractivity contribution in [1.82, 2.24) is 20.8 Å². The quantitative estimate of drug-likeness (QED) is 0.359. The topological polar surface area (TPSA) is 49.8 Å². The van der Waals surface area contributed by atoms with Crippen LogP contribution in [-0.4, -0.2) is 20.5 Å². The number of benzene rings is 1. The van der Waals surface area contributed by atoms with Crippen LogP contribution in [0.25, 0.3) is 0 Å². The first kappa shape index (κ1) is 17.2. The van der Waals surface area contributed by atoms with Crippen molar-refractivity contribution in [2.24, 2.45) is 0 Å². The molecule has 0 saturated heterocycles. The van der Waals surface area contributed by atoms with Gasteiger partial charge in [0.1, 0.15) is 4.32 Å². The number of hydrazine groups is 1. The van der Waals surface area contributed by atoms with Crippen LogP contribution >= 0.6 is 35.7 Å². The van der Waals surface area contributed by atoms with Crippen LogP contribution in [0, 0.1) is 6.92 Å². The van der Waals surface area contributed by atoms with Crippen LogP contribution in [0.5, 0.6) is 0 Å². The highest BCUT2D eigenvalue weighted by molar-refractivity contribution is 8.22. The van der Waals surface area contributed by atoms with E-state index in [1.54, 1.807) is 23.5 Å². The van der Waals surface area contributed by atoms with Gasteiger partial charge in [-0.05, 0) is 24.8 Å². The second-order valence-corrected chi connectivity index (χ2v) is 6.95. The molecule has 0 bridgehead atoms. The van der Waals surface area contributed by atoms with Crippen LogP contribution in [0.3, 0.4) is 0 Å². The third-order valence-corrected chi connectivity index (χ3v) is 4.59. The summed E-state index contributed by atoms with van der Waals surface area (Å²) in [5.41, 5.74) is 9.31. The molecule has 0 amide bonds. The van der Waals surface area contributed by atoms with Gasteiger partial charge in [0.15, 0.2) is 5.16 Å². The molecule has 1 aromatic heterocycles. The Morgan fingerprint density at radius 1 is 1.23 bits per heavy atom. The molecule has 0 spiro atoms. The number of nitrogens with zero attached hydrogens (tertiary/aromatic N) is 2. The van der Waals surface area contributed by atoms with E-state index in [9.17, 15) is 0 Å². The number of hydrogen-bond acceptors (Lipinski definition) is 6. The second-order valence-electron chi connectivity index (χ2n) is 4.53. The molecule has 0 unspecified atom stereocenters. The number of aromatic nitrogens is 2. The molecule has 2 N–H and O–H groups in total. The molecule has 2 aromatic rings. The van der Waals surface area contributed by atoms with E-state index < -0.39 is 0 Å². The Morgan fingerprint density at radius 3 is 2.73 bits per heavy atom. The van der Waals surface area contributed by atoms with Crippen molar-refractivity contribution in [2.45, 2.75) is 24.4 Å². The lowest BCUT2D eigenvalue weighted by molar-refractivity contribution is 0.641. The molecule has 22 heavy (non-hydrogen) atoms. The number of hydrogen-bond donors (Lipinski definition) is 2. The Bertz CT molecular complexity index is 619. The summed E-state index contributed by atoms with van der Waals surface area (Å²) in [5, 5.41) is 0.790. The van der Waals surface area contributed by atoms with Crippen LogP contribution < -0.4 is 10.9 Å². The normalized spacial score (nSPS) is 10.5. The summed E-state index contributed by atoms with van der Waals surface area (Å²) in [7, 11) is 0. The van der Waals surface area contributed by atoms with Gasteiger partial charge in [-0.3, -0.25) is 0 Å². The van der Waals surface area contributed by atoms with Crippen LogP contribution in [0.1, 0.15) is 17.0 Å². The van der Waals surface area contributed by atoms with Crippen molar-refractivity contribution in [3.8, 4) is 0 Å². The minimum Gasteiger partial charge on any atom is -0.306 e. The summed E-state index contributed by atoms with van der Waals surface area (Å²) in [6, 6.07) is 12.2. The van der Waals surface area contributed by atoms with Crippen molar-refractivity contribution in [1.29, 1.82) is 0 Å². The predicted molar refractivity (Wildman–Crippen MR) is 98.9 cm³/mol. The van der Waals surface area contributed by atoms with Gasteiger partial charge in [-0.15, -0.1) is 0 Å². The minimum absolute atomic E-state index is 0.600. The van der Waals surface area contributed by atoms with Crippen molar-refractivity contribution in [3.63, 3.8) is 0 Å². The van der Waals surface area contributed by atoms with Crippen molar-refractivity contribution in [3.05, 3.63) is 53.3 Å². The summed E-state index contributed by atoms with van der Waals surface area (Å²) >= 11 is 8.43. The fourth-order valence-electron chi connectivity index (χ4n) is 1.75. The smallest absolute Gasteiger partial charge is 0.187 e. The van der Waals surface area contributed by atoms with E-state index in [0.29, 0.717) is 6.54 Å². The fourth-order valence-corrected chi connectivity index (χ4v) is 3.08. The van der Waals surface area contributed by atoms with Crippen LogP contribution in [0.2, 0.25) is 0 Å². The molecule has 116 valence electrons. The third kappa shape index (κ3) is 5.92. The zero-order valence-corrected chi connectivity index (χ0v) is 14.9. The van der Waals surface area contributed by atoms with E-state index in [-0.39, 0.29) is 0 Å². The Morgan fingerprint density at radius 2 is 2.00 bits per heavy atom. The molecule has 0 aliphatic rings. The van der Waals surface area contributed by atoms with Crippen LogP contribution in [-0.2, 0) is 12.3 Å². The first-order valence-electron chi connectivity index (χ1n) is 6.75. The summed E-state index contributed by atoms with van der Waals surface area (Å²) < 4.78 is 0.722. The number of thiocarbonyl (C=S) groups is 1. The lowest BCUT2D eigenvalue weighted by Gasteiger charge is -2.09. The Balaban J connectivity index is 1.74. The highest BCUT2D eigenvalue weighted by Crippen LogP contribution is 2.12. The van der Waals surface area contributed by atoms with Crippen molar-refractivity contribution < 1.29 is 0 Å². The average Bonchev–Trinajstić information content (AvgIpc) is 2.53. The number of rotatable bonds is 6. The maximum Gasteiger partial charge on any atom is 0.187 e. The van der Waals surface area contributed by atoms with E-state index in [1.807, 2.05) is 37.4 Å². The maximum atomic E-state index is 5.30. The highest BCUT2D eigenvalue weighted by Gasteiger charge is 2.02. The maximum absolute atomic E-state index is 5.30. The van der Waals surface area contributed by atoms with Gasteiger partial charge in [0.25, 0.3) is 0 Å². The molecule has 0 fully saturated rings. The Hall–Kier alpha value is -1.15. The molecular formula is C15H18N4S3. The first-order chi connectivity index (χ1) is 10.7. The predicted octanol–water partition coefficient (Wildman–Crippen LogP) is 3.32. The van der Waals surface area contributed by atoms with E-state index in [4.69, 9.17) is 12.2 Å². The largest absolute Gasteiger partial charge is 0.306 e. The second kappa shape index (κ2) is 9.09. The van der Waals surface area contributed by atoms with Gasteiger partial charge in [0, 0.05) is 11.4 Å². The highest BCUT2D eigenvalue weighted by atomic mass is 32.2. The number of aryl methyl sites for hydroxylation is 1. The van der Waals surface area contributed by atoms with Gasteiger partial charge in [-0.2, -0.15) is 0 Å². The SMILES string of the molecule is CSc1nc(C)cc(CNNC(=S)SCc2ccccc2)n1. The molecule has 1 heterocycles. The zero-order valence-electron chi connectivity index (χ0n) is 12.5. The molecule has 0 aliphatic heterocycles. The molecule has 4 nitrogen and oxygen atoms in total. The molecule has 0 saturated carbocycles. The van der Waals surface area contributed by atoms with E-state index >= 15 is 0 Å². The molecule has 0 radical (unpaired) electrons. The lowest BCUT2D eigenvalue weighted by Crippen LogP contribution is -2.34. The average molecular weight is 351 g/mol. The van der Waals surface area contributed by atoms with Crippen molar-refractivity contribution >= 4 is 40.1 Å². The lowest BCUT2D eigenvalue weighted by atomic mass is 10.2. The van der Waals surface area contributed by atoms with Gasteiger partial charge >= 0.3 is 0 Å². The third-order valence-electron chi connectivity index (χ3n) is 2.74. The van der Waals surface area contributed by atoms with E-state index in [1.165, 1.54) is 5.56 Å². The summed E-state index contributed by atoms with van der Waals surface area (Å²) in [6.45, 7) is 2.57. The van der Waals surface area contributed by atoms with Gasteiger partial charge in [0.2, 0.25) is 0 Å². The fraction of sp³-hybridized carbons (Fsp3) is 0.267. The van der Waals surface area contributed by atoms with Gasteiger partial charge in [-0.25, -0.2) is 15.4 Å². The number of thioether (sulfide) groups is 2. The van der Waals surface area contributed by atoms with Crippen molar-refractivity contribution in [2.75, 3.05) is 6.26 Å². The van der Waals surface area contributed by atoms with Gasteiger partial charge in [-0.1, -0.05) is 66.1 Å². The molecule has 2 rings (SSSR count). The van der Waals surface area contributed by atoms with Crippen LogP contribution in [0.15, 0.2) is 41.6 Å². The summed E-state index contributed by atoms with van der Waals surface area (Å²) in [5.74, 6) is 0.859. The minimum atomic E-state index is 0.600. The molecule has 0 atom stereocenters. The zero-order chi connectivity index (χ0) is 15.8. The molecule has 1 aromatic carbocycles. The molecular weight excluding hydrogens is 332 g/mol. The van der Waals surface area contributed by atoms with E-state index in [0.717, 1.165) is 26.6 Å². The molecule has 7 heteroatoms. The molecule has 0 aliphatic carbocycles. The van der Waals surface area contributed by atoms with Gasteiger partial charge < -0.3 is 5.43 Å². The Kier molecular flexibility index (Phi) is 7.11. The standard InChI is InChI=1S/C15H18N4S3/c1-11-8-13(18-14(17-11)21-2)9-16-19-15(20)22-10-12-6-4-3-5-7-12/h3-8,16H,9-10H2,1-2H3,(H,19,20). The Labute approximate surface area is 144 Å². The number of nitrogens with one attached hydrogen (secondary N) is 2. The summed E-state index contributed by atoms with van der Waals surface area (Å²) in [4.78, 5) is 8.77. The van der Waals surface area contributed by atoms with E-state index in [2.05, 4.69) is 33.0 Å². The summed E-state index contributed by atoms with van der Waals surface area (Å²) in [6.07, 6.45) is 1.97. The van der Waals surface area contributed by atoms with Crippen LogP contribution in [0.4, 0.5) is 0 Å². The van der Waals surface area contributed by atoms with Gasteiger partial charge in [0.05, 0.1) is 12.2 Å². The first-order valence-corrected chi connectivity index (χ1v) is 9.37. The monoisotopic (exact) mass is 350 g/mol.